The Morgan fingerprint density at radius 1 is 0.750 bits per heavy atom. The van der Waals surface area contributed by atoms with Gasteiger partial charge in [-0.2, -0.15) is 0 Å². The first kappa shape index (κ1) is 42.4. The molecule has 2 N–H and O–H groups in total. The lowest BCUT2D eigenvalue weighted by molar-refractivity contribution is -0.138. The molecular formula is C40H48N2O10. The van der Waals surface area contributed by atoms with Crippen molar-refractivity contribution in [1.29, 1.82) is 0 Å². The summed E-state index contributed by atoms with van der Waals surface area (Å²) in [5.41, 5.74) is 2.84. The number of esters is 2. The van der Waals surface area contributed by atoms with Gasteiger partial charge in [-0.25, -0.2) is 9.59 Å². The lowest BCUT2D eigenvalue weighted by Crippen LogP contribution is -2.08. The molecule has 4 aromatic rings. The number of nitrogens with zero attached hydrogens (tertiary/aromatic N) is 2. The fourth-order valence-corrected chi connectivity index (χ4v) is 4.41. The third-order valence-corrected chi connectivity index (χ3v) is 6.85. The van der Waals surface area contributed by atoms with Crippen molar-refractivity contribution in [3.05, 3.63) is 120 Å². The number of phenolic OH excluding ortho intramolecular Hbond substituents is 1. The van der Waals surface area contributed by atoms with Gasteiger partial charge in [0.1, 0.15) is 30.7 Å². The Morgan fingerprint density at radius 2 is 1.29 bits per heavy atom. The Labute approximate surface area is 304 Å². The molecule has 0 saturated carbocycles. The van der Waals surface area contributed by atoms with Crippen LogP contribution in [-0.4, -0.2) is 83.5 Å². The van der Waals surface area contributed by atoms with E-state index in [0.717, 1.165) is 30.9 Å². The van der Waals surface area contributed by atoms with Gasteiger partial charge in [0.05, 0.1) is 26.4 Å². The van der Waals surface area contributed by atoms with Gasteiger partial charge in [-0.1, -0.05) is 24.3 Å². The number of benzene rings is 2. The highest BCUT2D eigenvalue weighted by Crippen LogP contribution is 2.13. The predicted octanol–water partition coefficient (Wildman–Crippen LogP) is 6.01. The molecule has 1 aliphatic rings. The summed E-state index contributed by atoms with van der Waals surface area (Å²) in [6, 6.07) is 20.7. The lowest BCUT2D eigenvalue weighted by atomic mass is 10.2. The summed E-state index contributed by atoms with van der Waals surface area (Å²) in [6.45, 7) is 7.95. The number of phenols is 1. The average molecular weight is 717 g/mol. The van der Waals surface area contributed by atoms with E-state index in [1.165, 1.54) is 37.1 Å². The SMILES string of the molecule is C1CCOC1.CCOC(=O)/C=C/c1cccn1CCO.CCOC(=O)/C=C/c1cccn1CCOc1cccc(C=O)c1.O=Cc1cccc(O)c1. The Bertz CT molecular complexity index is 1680. The van der Waals surface area contributed by atoms with E-state index in [-0.39, 0.29) is 24.3 Å². The van der Waals surface area contributed by atoms with E-state index in [0.29, 0.717) is 56.1 Å². The minimum absolute atomic E-state index is 0.0783. The van der Waals surface area contributed by atoms with E-state index in [1.807, 2.05) is 51.9 Å². The largest absolute Gasteiger partial charge is 0.508 e. The molecule has 0 bridgehead atoms. The number of aliphatic hydroxyl groups excluding tert-OH is 1. The van der Waals surface area contributed by atoms with Crippen molar-refractivity contribution in [2.45, 2.75) is 39.8 Å². The van der Waals surface area contributed by atoms with Crippen molar-refractivity contribution < 1.29 is 48.3 Å². The maximum absolute atomic E-state index is 11.3. The van der Waals surface area contributed by atoms with Crippen molar-refractivity contribution >= 4 is 36.7 Å². The zero-order valence-electron chi connectivity index (χ0n) is 29.7. The number of aromatic nitrogens is 2. The van der Waals surface area contributed by atoms with Crippen molar-refractivity contribution in [3.63, 3.8) is 0 Å². The molecule has 278 valence electrons. The Kier molecular flexibility index (Phi) is 21.3. The highest BCUT2D eigenvalue weighted by molar-refractivity contribution is 5.87. The van der Waals surface area contributed by atoms with E-state index in [2.05, 4.69) is 0 Å². The second kappa shape index (κ2) is 26.1. The molecular weight excluding hydrogens is 668 g/mol. The highest BCUT2D eigenvalue weighted by Gasteiger charge is 2.02. The molecule has 0 atom stereocenters. The van der Waals surface area contributed by atoms with Crippen molar-refractivity contribution in [2.24, 2.45) is 0 Å². The number of aldehydes is 2. The van der Waals surface area contributed by atoms with Crippen LogP contribution in [0.15, 0.2) is 97.3 Å². The highest BCUT2D eigenvalue weighted by atomic mass is 16.5. The standard InChI is InChI=1S/C18H19NO4.C11H15NO3.C7H6O2.C4H8O/c1-2-22-18(21)9-8-16-6-4-10-19(16)11-12-23-17-7-3-5-15(13-17)14-20;1-2-15-11(14)6-5-10-4-3-7-12(10)8-9-13;8-5-6-2-1-3-7(9)4-6;1-2-4-5-3-1/h3-10,13-14H,2,11-12H2,1H3;3-7,13H,2,8-9H2,1H3;1-5,9H;1-4H2/b9-8+;6-5+;;. The Morgan fingerprint density at radius 3 is 1.75 bits per heavy atom. The zero-order valence-corrected chi connectivity index (χ0v) is 29.7. The summed E-state index contributed by atoms with van der Waals surface area (Å²) in [4.78, 5) is 43.2. The van der Waals surface area contributed by atoms with E-state index < -0.39 is 0 Å². The molecule has 0 radical (unpaired) electrons. The van der Waals surface area contributed by atoms with Gasteiger partial charge >= 0.3 is 11.9 Å². The summed E-state index contributed by atoms with van der Waals surface area (Å²) < 4.78 is 24.0. The number of ether oxygens (including phenoxy) is 4. The van der Waals surface area contributed by atoms with Crippen LogP contribution in [0.25, 0.3) is 12.2 Å². The van der Waals surface area contributed by atoms with Gasteiger partial charge in [0, 0.05) is 66.8 Å². The zero-order chi connectivity index (χ0) is 37.8. The fraction of sp³-hybridized carbons (Fsp3) is 0.300. The third kappa shape index (κ3) is 17.8. The van der Waals surface area contributed by atoms with Crippen molar-refractivity contribution in [2.75, 3.05) is 39.6 Å². The van der Waals surface area contributed by atoms with Crippen LogP contribution in [0, 0.1) is 0 Å². The van der Waals surface area contributed by atoms with Gasteiger partial charge in [-0.3, -0.25) is 9.59 Å². The predicted molar refractivity (Wildman–Crippen MR) is 198 cm³/mol. The molecule has 0 aliphatic carbocycles. The monoisotopic (exact) mass is 716 g/mol. The maximum atomic E-state index is 11.3. The number of hydrogen-bond acceptors (Lipinski definition) is 10. The van der Waals surface area contributed by atoms with E-state index in [1.54, 1.807) is 56.3 Å². The summed E-state index contributed by atoms with van der Waals surface area (Å²) >= 11 is 0. The molecule has 1 saturated heterocycles. The van der Waals surface area contributed by atoms with Crippen molar-refractivity contribution in [3.8, 4) is 11.5 Å². The molecule has 0 unspecified atom stereocenters. The molecule has 52 heavy (non-hydrogen) atoms. The molecule has 12 heteroatoms. The van der Waals surface area contributed by atoms with Gasteiger partial charge in [0.25, 0.3) is 0 Å². The lowest BCUT2D eigenvalue weighted by Gasteiger charge is -2.09. The van der Waals surface area contributed by atoms with E-state index in [9.17, 15) is 19.2 Å². The summed E-state index contributed by atoms with van der Waals surface area (Å²) in [7, 11) is 0. The van der Waals surface area contributed by atoms with Crippen LogP contribution in [0.3, 0.4) is 0 Å². The van der Waals surface area contributed by atoms with E-state index in [4.69, 9.17) is 29.2 Å². The second-order valence-electron chi connectivity index (χ2n) is 10.7. The molecule has 12 nitrogen and oxygen atoms in total. The van der Waals surface area contributed by atoms with Crippen LogP contribution in [0.1, 0.15) is 58.8 Å². The van der Waals surface area contributed by atoms with Gasteiger partial charge in [-0.15, -0.1) is 0 Å². The molecule has 5 rings (SSSR count). The molecule has 2 aromatic heterocycles. The van der Waals surface area contributed by atoms with Gasteiger partial charge in [-0.05, 0) is 87.4 Å². The molecule has 3 heterocycles. The molecule has 1 fully saturated rings. The third-order valence-electron chi connectivity index (χ3n) is 6.85. The van der Waals surface area contributed by atoms with E-state index >= 15 is 0 Å². The van der Waals surface area contributed by atoms with Crippen LogP contribution in [0.4, 0.5) is 0 Å². The molecule has 0 spiro atoms. The number of aliphatic hydroxyl groups is 1. The number of aromatic hydroxyl groups is 1. The number of rotatable bonds is 14. The Balaban J connectivity index is 0.000000274. The van der Waals surface area contributed by atoms with Crippen LogP contribution in [0.2, 0.25) is 0 Å². The summed E-state index contributed by atoms with van der Waals surface area (Å²) in [5.74, 6) is 0.0707. The smallest absolute Gasteiger partial charge is 0.330 e. The number of hydrogen-bond donors (Lipinski definition) is 2. The first-order chi connectivity index (χ1) is 25.3. The normalized spacial score (nSPS) is 11.7. The number of carbonyl (C=O) groups is 4. The van der Waals surface area contributed by atoms with Crippen LogP contribution in [-0.2, 0) is 36.9 Å². The van der Waals surface area contributed by atoms with Crippen LogP contribution < -0.4 is 4.74 Å². The summed E-state index contributed by atoms with van der Waals surface area (Å²) in [5, 5.41) is 17.6. The topological polar surface area (TPSA) is 156 Å². The minimum atomic E-state index is -0.359. The summed E-state index contributed by atoms with van der Waals surface area (Å²) in [6.07, 6.45) is 14.0. The van der Waals surface area contributed by atoms with Crippen molar-refractivity contribution in [1.82, 2.24) is 9.13 Å². The first-order valence-corrected chi connectivity index (χ1v) is 16.9. The van der Waals surface area contributed by atoms with Crippen LogP contribution in [0.5, 0.6) is 11.5 Å². The molecule has 0 amide bonds. The van der Waals surface area contributed by atoms with Gasteiger partial charge < -0.3 is 38.3 Å². The maximum Gasteiger partial charge on any atom is 0.330 e. The quantitative estimate of drug-likeness (QED) is 0.0900. The van der Waals surface area contributed by atoms with Gasteiger partial charge in [0.2, 0.25) is 0 Å². The molecule has 2 aromatic carbocycles. The van der Waals surface area contributed by atoms with Crippen LogP contribution >= 0.6 is 0 Å². The first-order valence-electron chi connectivity index (χ1n) is 16.9. The average Bonchev–Trinajstić information content (AvgIpc) is 3.96. The number of carbonyl (C=O) groups excluding carboxylic acids is 4. The Hall–Kier alpha value is -5.72. The second-order valence-corrected chi connectivity index (χ2v) is 10.7. The fourth-order valence-electron chi connectivity index (χ4n) is 4.41. The van der Waals surface area contributed by atoms with Gasteiger partial charge in [0.15, 0.2) is 0 Å². The molecule has 1 aliphatic heterocycles. The minimum Gasteiger partial charge on any atom is -0.508 e.